The van der Waals surface area contributed by atoms with Gasteiger partial charge in [-0.15, -0.1) is 0 Å². The predicted molar refractivity (Wildman–Crippen MR) is 82.0 cm³/mol. The number of alkyl halides is 5. The van der Waals surface area contributed by atoms with E-state index in [4.69, 9.17) is 0 Å². The summed E-state index contributed by atoms with van der Waals surface area (Å²) in [5.41, 5.74) is -2.65. The molecule has 1 aromatic rings. The Morgan fingerprint density at radius 1 is 1.27 bits per heavy atom. The number of hydrogen-bond donors (Lipinski definition) is 2. The highest BCUT2D eigenvalue weighted by atomic mass is 19.4. The van der Waals surface area contributed by atoms with Gasteiger partial charge in [-0.3, -0.25) is 9.48 Å². The fraction of sp³-hybridized carbons (Fsp3) is 0.750. The van der Waals surface area contributed by atoms with E-state index < -0.39 is 29.5 Å². The van der Waals surface area contributed by atoms with Crippen LogP contribution in [-0.4, -0.2) is 38.5 Å². The number of nitrogens with one attached hydrogen (secondary N) is 1. The van der Waals surface area contributed by atoms with Crippen LogP contribution in [0.15, 0.2) is 0 Å². The Bertz CT molecular complexity index is 714. The van der Waals surface area contributed by atoms with Gasteiger partial charge in [-0.25, -0.2) is 8.78 Å². The zero-order chi connectivity index (χ0) is 19.5. The molecule has 0 radical (unpaired) electrons. The molecule has 2 aliphatic rings. The van der Waals surface area contributed by atoms with Crippen molar-refractivity contribution < 1.29 is 31.9 Å². The van der Waals surface area contributed by atoms with Gasteiger partial charge in [-0.1, -0.05) is 6.42 Å². The number of amides is 1. The molecule has 26 heavy (non-hydrogen) atoms. The third-order valence-corrected chi connectivity index (χ3v) is 5.33. The topological polar surface area (TPSA) is 67.2 Å². The average Bonchev–Trinajstić information content (AvgIpc) is 2.70. The lowest BCUT2D eigenvalue weighted by Gasteiger charge is -2.36. The summed E-state index contributed by atoms with van der Waals surface area (Å²) in [4.78, 5) is 12.0. The molecule has 2 aliphatic carbocycles. The number of carbonyl (C=O) groups excluding carboxylic acids is 1. The Labute approximate surface area is 146 Å². The maximum atomic E-state index is 13.2. The number of carbonyl (C=O) groups is 1. The first-order valence-electron chi connectivity index (χ1n) is 8.38. The summed E-state index contributed by atoms with van der Waals surface area (Å²) in [5, 5.41) is 15.9. The van der Waals surface area contributed by atoms with Crippen LogP contribution < -0.4 is 5.32 Å². The molecule has 0 bridgehead atoms. The van der Waals surface area contributed by atoms with Crippen LogP contribution in [0.4, 0.5) is 27.8 Å². The molecule has 10 heteroatoms. The van der Waals surface area contributed by atoms with E-state index in [-0.39, 0.29) is 24.6 Å². The molecule has 0 aliphatic heterocycles. The minimum absolute atomic E-state index is 0.0365. The van der Waals surface area contributed by atoms with E-state index in [9.17, 15) is 31.9 Å². The number of halogens is 5. The molecule has 5 nitrogen and oxygen atoms in total. The van der Waals surface area contributed by atoms with E-state index in [1.165, 1.54) is 11.7 Å². The summed E-state index contributed by atoms with van der Waals surface area (Å²) >= 11 is 0. The number of rotatable bonds is 4. The molecule has 1 heterocycles. The largest absolute Gasteiger partial charge is 0.426 e. The second kappa shape index (κ2) is 5.90. The molecule has 3 rings (SSSR count). The standard InChI is InChI=1S/C16H20F5N3O2/c1-14(26,16(19,20)21)13(25)22-12-10(8-4-3-5-8)11(23-24(12)2)9-6-15(17,18)7-9/h8-9,26H,3-7H2,1-2H3,(H,22,25). The molecule has 1 atom stereocenters. The lowest BCUT2D eigenvalue weighted by molar-refractivity contribution is -0.242. The highest BCUT2D eigenvalue weighted by Crippen LogP contribution is 2.52. The normalized spacial score (nSPS) is 23.1. The first-order valence-corrected chi connectivity index (χ1v) is 8.38. The lowest BCUT2D eigenvalue weighted by Crippen LogP contribution is -2.52. The van der Waals surface area contributed by atoms with Crippen LogP contribution in [0.1, 0.15) is 62.1 Å². The molecule has 0 spiro atoms. The minimum atomic E-state index is -5.15. The zero-order valence-electron chi connectivity index (χ0n) is 14.3. The van der Waals surface area contributed by atoms with Crippen molar-refractivity contribution in [2.24, 2.45) is 7.05 Å². The van der Waals surface area contributed by atoms with E-state index in [2.05, 4.69) is 10.4 Å². The third-order valence-electron chi connectivity index (χ3n) is 5.33. The Hall–Kier alpha value is -1.71. The maximum Gasteiger partial charge on any atom is 0.426 e. The van der Waals surface area contributed by atoms with Crippen molar-refractivity contribution in [3.05, 3.63) is 11.3 Å². The monoisotopic (exact) mass is 381 g/mol. The number of hydrogen-bond acceptors (Lipinski definition) is 3. The zero-order valence-corrected chi connectivity index (χ0v) is 14.3. The predicted octanol–water partition coefficient (Wildman–Crippen LogP) is 3.45. The number of nitrogens with zero attached hydrogens (tertiary/aromatic N) is 2. The van der Waals surface area contributed by atoms with Crippen molar-refractivity contribution in [2.45, 2.75) is 68.6 Å². The van der Waals surface area contributed by atoms with Gasteiger partial charge in [0.2, 0.25) is 11.5 Å². The fourth-order valence-corrected chi connectivity index (χ4v) is 3.32. The van der Waals surface area contributed by atoms with Crippen LogP contribution in [0.25, 0.3) is 0 Å². The van der Waals surface area contributed by atoms with Crippen molar-refractivity contribution in [3.63, 3.8) is 0 Å². The van der Waals surface area contributed by atoms with Crippen LogP contribution in [0.3, 0.4) is 0 Å². The molecular weight excluding hydrogens is 361 g/mol. The molecule has 2 saturated carbocycles. The number of aliphatic hydroxyl groups is 1. The summed E-state index contributed by atoms with van der Waals surface area (Å²) in [7, 11) is 1.43. The van der Waals surface area contributed by atoms with Gasteiger partial charge >= 0.3 is 6.18 Å². The Kier molecular flexibility index (Phi) is 4.33. The van der Waals surface area contributed by atoms with Crippen LogP contribution in [0.2, 0.25) is 0 Å². The van der Waals surface area contributed by atoms with Gasteiger partial charge < -0.3 is 10.4 Å². The van der Waals surface area contributed by atoms with E-state index in [1.54, 1.807) is 0 Å². The molecule has 1 amide bonds. The summed E-state index contributed by atoms with van der Waals surface area (Å²) in [6.07, 6.45) is -3.46. The van der Waals surface area contributed by atoms with E-state index in [1.807, 2.05) is 0 Å². The summed E-state index contributed by atoms with van der Waals surface area (Å²) in [5.74, 6) is -4.88. The van der Waals surface area contributed by atoms with Crippen molar-refractivity contribution in [3.8, 4) is 0 Å². The third kappa shape index (κ3) is 3.08. The van der Waals surface area contributed by atoms with E-state index >= 15 is 0 Å². The first kappa shape index (κ1) is 19.1. The van der Waals surface area contributed by atoms with Crippen molar-refractivity contribution in [2.75, 3.05) is 5.32 Å². The number of anilines is 1. The second-order valence-corrected chi connectivity index (χ2v) is 7.38. The number of aromatic nitrogens is 2. The van der Waals surface area contributed by atoms with Gasteiger partial charge in [0.05, 0.1) is 5.69 Å². The van der Waals surface area contributed by atoms with Crippen molar-refractivity contribution >= 4 is 11.7 Å². The lowest BCUT2D eigenvalue weighted by atomic mass is 9.73. The second-order valence-electron chi connectivity index (χ2n) is 7.38. The van der Waals surface area contributed by atoms with E-state index in [0.717, 1.165) is 19.3 Å². The van der Waals surface area contributed by atoms with E-state index in [0.29, 0.717) is 18.2 Å². The fourth-order valence-electron chi connectivity index (χ4n) is 3.32. The van der Waals surface area contributed by atoms with Gasteiger partial charge in [0.15, 0.2) is 0 Å². The maximum absolute atomic E-state index is 13.2. The molecule has 2 N–H and O–H groups in total. The van der Waals surface area contributed by atoms with Gasteiger partial charge in [0.25, 0.3) is 5.91 Å². The smallest absolute Gasteiger partial charge is 0.373 e. The molecule has 2 fully saturated rings. The summed E-state index contributed by atoms with van der Waals surface area (Å²) < 4.78 is 66.4. The Morgan fingerprint density at radius 3 is 2.27 bits per heavy atom. The van der Waals surface area contributed by atoms with Crippen LogP contribution in [0, 0.1) is 0 Å². The van der Waals surface area contributed by atoms with Crippen LogP contribution in [0.5, 0.6) is 0 Å². The van der Waals surface area contributed by atoms with Crippen LogP contribution >= 0.6 is 0 Å². The Morgan fingerprint density at radius 2 is 1.85 bits per heavy atom. The molecule has 146 valence electrons. The highest BCUT2D eigenvalue weighted by Gasteiger charge is 2.56. The number of aryl methyl sites for hydroxylation is 1. The molecular formula is C16H20F5N3O2. The highest BCUT2D eigenvalue weighted by molar-refractivity contribution is 5.97. The minimum Gasteiger partial charge on any atom is -0.373 e. The molecule has 0 aromatic carbocycles. The molecule has 0 saturated heterocycles. The van der Waals surface area contributed by atoms with Gasteiger partial charge in [0, 0.05) is 31.4 Å². The van der Waals surface area contributed by atoms with Gasteiger partial charge in [0.1, 0.15) is 5.82 Å². The summed E-state index contributed by atoms with van der Waals surface area (Å²) in [6.45, 7) is 0.370. The van der Waals surface area contributed by atoms with Crippen molar-refractivity contribution in [1.29, 1.82) is 0 Å². The first-order chi connectivity index (χ1) is 11.8. The summed E-state index contributed by atoms with van der Waals surface area (Å²) in [6, 6.07) is 0. The Balaban J connectivity index is 1.92. The SMILES string of the molecule is Cn1nc(C2CC(F)(F)C2)c(C2CCC2)c1NC(=O)C(C)(O)C(F)(F)F. The van der Waals surface area contributed by atoms with Gasteiger partial charge in [-0.2, -0.15) is 18.3 Å². The van der Waals surface area contributed by atoms with Gasteiger partial charge in [-0.05, 0) is 25.7 Å². The quantitative estimate of drug-likeness (QED) is 0.785. The molecule has 1 unspecified atom stereocenters. The van der Waals surface area contributed by atoms with Crippen molar-refractivity contribution in [1.82, 2.24) is 9.78 Å². The molecule has 1 aromatic heterocycles. The average molecular weight is 381 g/mol. The van der Waals surface area contributed by atoms with Crippen LogP contribution in [-0.2, 0) is 11.8 Å².